The largest absolute Gasteiger partial charge is 0.378 e. The van der Waals surface area contributed by atoms with Gasteiger partial charge in [-0.15, -0.1) is 0 Å². The molecule has 0 unspecified atom stereocenters. The first-order valence-corrected chi connectivity index (χ1v) is 10.4. The number of rotatable bonds is 7. The number of nitrogens with one attached hydrogen (secondary N) is 2. The highest BCUT2D eigenvalue weighted by Gasteiger charge is 2.15. The average molecular weight is 402 g/mol. The summed E-state index contributed by atoms with van der Waals surface area (Å²) < 4.78 is 5.40. The number of hydrogen-bond donors (Lipinski definition) is 2. The van der Waals surface area contributed by atoms with Crippen molar-refractivity contribution in [1.29, 1.82) is 0 Å². The second-order valence-corrected chi connectivity index (χ2v) is 7.33. The molecule has 1 heterocycles. The summed E-state index contributed by atoms with van der Waals surface area (Å²) in [5, 5.41) is 6.39. The molecule has 1 aliphatic heterocycles. The molecule has 0 radical (unpaired) electrons. The minimum absolute atomic E-state index is 0.0400. The number of morpholine rings is 1. The number of anilines is 2. The van der Waals surface area contributed by atoms with Crippen molar-refractivity contribution in [2.45, 2.75) is 6.04 Å². The lowest BCUT2D eigenvalue weighted by Gasteiger charge is -2.28. The van der Waals surface area contributed by atoms with Crippen LogP contribution in [0, 0.1) is 0 Å². The summed E-state index contributed by atoms with van der Waals surface area (Å²) in [5.41, 5.74) is 4.22. The van der Waals surface area contributed by atoms with Gasteiger partial charge in [-0.1, -0.05) is 60.7 Å². The summed E-state index contributed by atoms with van der Waals surface area (Å²) in [6.07, 6.45) is 0. The van der Waals surface area contributed by atoms with E-state index in [1.54, 1.807) is 0 Å². The van der Waals surface area contributed by atoms with Gasteiger partial charge in [0.05, 0.1) is 25.8 Å². The van der Waals surface area contributed by atoms with E-state index in [-0.39, 0.29) is 18.5 Å². The van der Waals surface area contributed by atoms with E-state index in [1.807, 2.05) is 60.7 Å². The molecule has 4 rings (SSSR count). The fourth-order valence-corrected chi connectivity index (χ4v) is 3.70. The van der Waals surface area contributed by atoms with E-state index in [2.05, 4.69) is 39.8 Å². The highest BCUT2D eigenvalue weighted by Crippen LogP contribution is 2.22. The number of carbonyl (C=O) groups excluding carboxylic acids is 1. The van der Waals surface area contributed by atoms with Gasteiger partial charge in [0, 0.05) is 24.5 Å². The van der Waals surface area contributed by atoms with Gasteiger partial charge in [0.15, 0.2) is 0 Å². The molecule has 1 saturated heterocycles. The van der Waals surface area contributed by atoms with Gasteiger partial charge < -0.3 is 15.0 Å². The van der Waals surface area contributed by atoms with E-state index in [4.69, 9.17) is 4.74 Å². The second kappa shape index (κ2) is 10.1. The second-order valence-electron chi connectivity index (χ2n) is 7.33. The van der Waals surface area contributed by atoms with Crippen molar-refractivity contribution in [3.8, 4) is 0 Å². The molecule has 0 spiro atoms. The van der Waals surface area contributed by atoms with Crippen molar-refractivity contribution in [3.63, 3.8) is 0 Å². The van der Waals surface area contributed by atoms with Gasteiger partial charge in [-0.25, -0.2) is 0 Å². The molecule has 3 aromatic carbocycles. The van der Waals surface area contributed by atoms with Crippen molar-refractivity contribution in [1.82, 2.24) is 5.32 Å². The van der Waals surface area contributed by atoms with Crippen LogP contribution in [0.3, 0.4) is 0 Å². The molecule has 1 aliphatic rings. The van der Waals surface area contributed by atoms with Gasteiger partial charge in [0.2, 0.25) is 5.91 Å². The van der Waals surface area contributed by atoms with E-state index in [9.17, 15) is 4.79 Å². The SMILES string of the molecule is O=C(CNC(c1ccccc1)c1ccccc1)Nc1ccc(N2CCOCC2)cc1. The van der Waals surface area contributed by atoms with Crippen LogP contribution in [0.2, 0.25) is 0 Å². The van der Waals surface area contributed by atoms with Crippen LogP contribution in [0.25, 0.3) is 0 Å². The van der Waals surface area contributed by atoms with E-state index < -0.39 is 0 Å². The van der Waals surface area contributed by atoms with E-state index in [1.165, 1.54) is 0 Å². The zero-order valence-corrected chi connectivity index (χ0v) is 17.0. The molecule has 154 valence electrons. The topological polar surface area (TPSA) is 53.6 Å². The Bertz CT molecular complexity index is 884. The van der Waals surface area contributed by atoms with Crippen LogP contribution in [0.5, 0.6) is 0 Å². The molecule has 1 fully saturated rings. The van der Waals surface area contributed by atoms with Crippen LogP contribution in [0.15, 0.2) is 84.9 Å². The molecule has 0 atom stereocenters. The van der Waals surface area contributed by atoms with Gasteiger partial charge in [-0.2, -0.15) is 0 Å². The van der Waals surface area contributed by atoms with Crippen LogP contribution in [0.1, 0.15) is 17.2 Å². The Morgan fingerprint density at radius 1 is 0.833 bits per heavy atom. The number of carbonyl (C=O) groups is 1. The molecule has 5 heteroatoms. The third-order valence-electron chi connectivity index (χ3n) is 5.26. The monoisotopic (exact) mass is 401 g/mol. The Labute approximate surface area is 177 Å². The first-order chi connectivity index (χ1) is 14.8. The fourth-order valence-electron chi connectivity index (χ4n) is 3.70. The maximum absolute atomic E-state index is 12.6. The molecular weight excluding hydrogens is 374 g/mol. The Hall–Kier alpha value is -3.15. The fraction of sp³-hybridized carbons (Fsp3) is 0.240. The predicted octanol–water partition coefficient (Wildman–Crippen LogP) is 3.84. The van der Waals surface area contributed by atoms with Gasteiger partial charge in [0.1, 0.15) is 0 Å². The van der Waals surface area contributed by atoms with E-state index in [0.717, 1.165) is 48.8 Å². The zero-order chi connectivity index (χ0) is 20.6. The Balaban J connectivity index is 1.37. The lowest BCUT2D eigenvalue weighted by Crippen LogP contribution is -2.36. The molecule has 5 nitrogen and oxygen atoms in total. The van der Waals surface area contributed by atoms with E-state index >= 15 is 0 Å². The third-order valence-corrected chi connectivity index (χ3v) is 5.26. The Morgan fingerprint density at radius 3 is 1.97 bits per heavy atom. The minimum atomic E-state index is -0.0639. The zero-order valence-electron chi connectivity index (χ0n) is 17.0. The lowest BCUT2D eigenvalue weighted by molar-refractivity contribution is -0.115. The summed E-state index contributed by atoms with van der Waals surface area (Å²) >= 11 is 0. The number of ether oxygens (including phenoxy) is 1. The molecule has 0 saturated carbocycles. The van der Waals surface area contributed by atoms with Crippen LogP contribution < -0.4 is 15.5 Å². The summed E-state index contributed by atoms with van der Waals surface area (Å²) in [4.78, 5) is 14.9. The third kappa shape index (κ3) is 5.26. The van der Waals surface area contributed by atoms with Gasteiger partial charge in [-0.05, 0) is 35.4 Å². The van der Waals surface area contributed by atoms with Crippen molar-refractivity contribution >= 4 is 17.3 Å². The quantitative estimate of drug-likeness (QED) is 0.632. The van der Waals surface area contributed by atoms with Crippen molar-refractivity contribution in [2.24, 2.45) is 0 Å². The molecule has 3 aromatic rings. The summed E-state index contributed by atoms with van der Waals surface area (Å²) in [6.45, 7) is 3.54. The molecule has 0 aliphatic carbocycles. The van der Waals surface area contributed by atoms with Crippen LogP contribution in [0.4, 0.5) is 11.4 Å². The highest BCUT2D eigenvalue weighted by atomic mass is 16.5. The maximum Gasteiger partial charge on any atom is 0.238 e. The van der Waals surface area contributed by atoms with Crippen molar-refractivity contribution < 1.29 is 9.53 Å². The molecule has 0 bridgehead atoms. The van der Waals surface area contributed by atoms with Crippen LogP contribution in [-0.4, -0.2) is 38.8 Å². The minimum Gasteiger partial charge on any atom is -0.378 e. The lowest BCUT2D eigenvalue weighted by atomic mass is 9.99. The van der Waals surface area contributed by atoms with Gasteiger partial charge >= 0.3 is 0 Å². The van der Waals surface area contributed by atoms with Gasteiger partial charge in [0.25, 0.3) is 0 Å². The summed E-state index contributed by atoms with van der Waals surface area (Å²) in [6, 6.07) is 28.3. The normalized spacial score (nSPS) is 14.0. The van der Waals surface area contributed by atoms with Gasteiger partial charge in [-0.3, -0.25) is 10.1 Å². The number of hydrogen-bond acceptors (Lipinski definition) is 4. The molecule has 30 heavy (non-hydrogen) atoms. The van der Waals surface area contributed by atoms with Crippen LogP contribution >= 0.6 is 0 Å². The predicted molar refractivity (Wildman–Crippen MR) is 121 cm³/mol. The smallest absolute Gasteiger partial charge is 0.238 e. The average Bonchev–Trinajstić information content (AvgIpc) is 2.82. The van der Waals surface area contributed by atoms with Crippen LogP contribution in [-0.2, 0) is 9.53 Å². The standard InChI is InChI=1S/C25H27N3O2/c29-24(27-22-11-13-23(14-12-22)28-15-17-30-18-16-28)19-26-25(20-7-3-1-4-8-20)21-9-5-2-6-10-21/h1-14,25-26H,15-19H2,(H,27,29). The van der Waals surface area contributed by atoms with E-state index in [0.29, 0.717) is 0 Å². The molecule has 2 N–H and O–H groups in total. The number of benzene rings is 3. The van der Waals surface area contributed by atoms with Crippen molar-refractivity contribution in [2.75, 3.05) is 43.1 Å². The maximum atomic E-state index is 12.6. The highest BCUT2D eigenvalue weighted by molar-refractivity contribution is 5.92. The Morgan fingerprint density at radius 2 is 1.40 bits per heavy atom. The molecular formula is C25H27N3O2. The van der Waals surface area contributed by atoms with Crippen molar-refractivity contribution in [3.05, 3.63) is 96.1 Å². The molecule has 1 amide bonds. The first-order valence-electron chi connectivity index (χ1n) is 10.4. The first kappa shape index (κ1) is 20.1. The summed E-state index contributed by atoms with van der Waals surface area (Å²) in [7, 11) is 0. The molecule has 0 aromatic heterocycles. The Kier molecular flexibility index (Phi) is 6.75. The number of nitrogens with zero attached hydrogens (tertiary/aromatic N) is 1. The number of amides is 1. The summed E-state index contributed by atoms with van der Waals surface area (Å²) in [5.74, 6) is -0.0639.